The molecule has 1 aliphatic rings. The predicted octanol–water partition coefficient (Wildman–Crippen LogP) is 2.09. The molecule has 0 aromatic heterocycles. The van der Waals surface area contributed by atoms with Crippen LogP contribution in [0.3, 0.4) is 0 Å². The zero-order chi connectivity index (χ0) is 9.19. The number of hydrogen-bond donors (Lipinski definition) is 1. The van der Waals surface area contributed by atoms with Gasteiger partial charge in [-0.05, 0) is 31.8 Å². The van der Waals surface area contributed by atoms with Crippen LogP contribution in [0.2, 0.25) is 0 Å². The Kier molecular flexibility index (Phi) is 2.78. The molecule has 0 amide bonds. The first-order valence-corrected chi connectivity index (χ1v) is 4.61. The van der Waals surface area contributed by atoms with E-state index in [0.29, 0.717) is 0 Å². The molecule has 1 heterocycles. The van der Waals surface area contributed by atoms with Gasteiger partial charge in [-0.3, -0.25) is 0 Å². The summed E-state index contributed by atoms with van der Waals surface area (Å²) in [6.07, 6.45) is 4.10. The molecular weight excluding hydrogens is 152 g/mol. The minimum atomic E-state index is -0.791. The highest BCUT2D eigenvalue weighted by Gasteiger charge is 2.31. The molecule has 0 fully saturated rings. The summed E-state index contributed by atoms with van der Waals surface area (Å²) in [6.45, 7) is 6.56. The van der Waals surface area contributed by atoms with Gasteiger partial charge in [0.15, 0.2) is 0 Å². The molecule has 1 rings (SSSR count). The van der Waals surface area contributed by atoms with E-state index in [9.17, 15) is 5.11 Å². The normalized spacial score (nSPS) is 22.9. The molecule has 0 radical (unpaired) electrons. The van der Waals surface area contributed by atoms with Crippen molar-refractivity contribution in [1.29, 1.82) is 0 Å². The average molecular weight is 170 g/mol. The Balaban J connectivity index is 2.72. The van der Waals surface area contributed by atoms with Crippen LogP contribution in [0.1, 0.15) is 33.6 Å². The predicted molar refractivity (Wildman–Crippen MR) is 48.7 cm³/mol. The SMILES string of the molecule is CC(C)C(C)(O)C1=CCCCO1. The lowest BCUT2D eigenvalue weighted by Crippen LogP contribution is -2.35. The summed E-state index contributed by atoms with van der Waals surface area (Å²) in [7, 11) is 0. The Labute approximate surface area is 74.2 Å². The van der Waals surface area contributed by atoms with Gasteiger partial charge < -0.3 is 9.84 Å². The summed E-state index contributed by atoms with van der Waals surface area (Å²) < 4.78 is 5.42. The summed E-state index contributed by atoms with van der Waals surface area (Å²) in [5.74, 6) is 0.950. The van der Waals surface area contributed by atoms with Crippen LogP contribution in [-0.2, 0) is 4.74 Å². The van der Waals surface area contributed by atoms with Crippen LogP contribution in [0, 0.1) is 5.92 Å². The summed E-state index contributed by atoms with van der Waals surface area (Å²) in [5, 5.41) is 10.0. The Bertz CT molecular complexity index is 180. The van der Waals surface area contributed by atoms with E-state index in [2.05, 4.69) is 0 Å². The van der Waals surface area contributed by atoms with Crippen LogP contribution >= 0.6 is 0 Å². The first-order chi connectivity index (χ1) is 5.55. The van der Waals surface area contributed by atoms with Crippen molar-refractivity contribution in [1.82, 2.24) is 0 Å². The molecular formula is C10H18O2. The standard InChI is InChI=1S/C10H18O2/c1-8(2)10(3,11)9-6-4-5-7-12-9/h6,8,11H,4-5,7H2,1-3H3. The Hall–Kier alpha value is -0.500. The molecule has 1 atom stereocenters. The molecule has 2 heteroatoms. The molecule has 1 N–H and O–H groups in total. The quantitative estimate of drug-likeness (QED) is 0.687. The fraction of sp³-hybridized carbons (Fsp3) is 0.800. The number of allylic oxidation sites excluding steroid dienone is 1. The maximum Gasteiger partial charge on any atom is 0.124 e. The Morgan fingerprint density at radius 3 is 2.67 bits per heavy atom. The summed E-state index contributed by atoms with van der Waals surface area (Å²) >= 11 is 0. The van der Waals surface area contributed by atoms with Gasteiger partial charge in [0.25, 0.3) is 0 Å². The van der Waals surface area contributed by atoms with Crippen molar-refractivity contribution >= 4 is 0 Å². The fourth-order valence-corrected chi connectivity index (χ4v) is 1.19. The molecule has 0 aliphatic carbocycles. The molecule has 0 aromatic rings. The monoisotopic (exact) mass is 170 g/mol. The minimum absolute atomic E-state index is 0.196. The number of rotatable bonds is 2. The maximum atomic E-state index is 10.0. The van der Waals surface area contributed by atoms with Crippen molar-refractivity contribution in [3.8, 4) is 0 Å². The van der Waals surface area contributed by atoms with Crippen LogP contribution in [0.4, 0.5) is 0 Å². The smallest absolute Gasteiger partial charge is 0.124 e. The molecule has 0 saturated heterocycles. The van der Waals surface area contributed by atoms with Gasteiger partial charge in [-0.2, -0.15) is 0 Å². The third kappa shape index (κ3) is 1.81. The highest BCUT2D eigenvalue weighted by atomic mass is 16.5. The number of aliphatic hydroxyl groups is 1. The van der Waals surface area contributed by atoms with Gasteiger partial charge in [-0.15, -0.1) is 0 Å². The van der Waals surface area contributed by atoms with Gasteiger partial charge >= 0.3 is 0 Å². The zero-order valence-corrected chi connectivity index (χ0v) is 8.13. The van der Waals surface area contributed by atoms with Crippen molar-refractivity contribution in [3.05, 3.63) is 11.8 Å². The summed E-state index contributed by atoms with van der Waals surface area (Å²) in [4.78, 5) is 0. The Morgan fingerprint density at radius 1 is 1.58 bits per heavy atom. The second-order valence-corrected chi connectivity index (χ2v) is 3.86. The van der Waals surface area contributed by atoms with Crippen LogP contribution in [0.25, 0.3) is 0 Å². The third-order valence-electron chi connectivity index (χ3n) is 2.56. The van der Waals surface area contributed by atoms with Gasteiger partial charge in [0.2, 0.25) is 0 Å². The molecule has 2 nitrogen and oxygen atoms in total. The molecule has 70 valence electrons. The van der Waals surface area contributed by atoms with E-state index in [0.717, 1.165) is 25.2 Å². The minimum Gasteiger partial charge on any atom is -0.495 e. The van der Waals surface area contributed by atoms with Crippen LogP contribution in [0.15, 0.2) is 11.8 Å². The first kappa shape index (κ1) is 9.59. The molecule has 1 aliphatic heterocycles. The second-order valence-electron chi connectivity index (χ2n) is 3.86. The van der Waals surface area contributed by atoms with Gasteiger partial charge in [0.05, 0.1) is 6.61 Å². The lowest BCUT2D eigenvalue weighted by atomic mass is 9.89. The van der Waals surface area contributed by atoms with E-state index in [1.165, 1.54) is 0 Å². The highest BCUT2D eigenvalue weighted by molar-refractivity contribution is 5.10. The number of hydrogen-bond acceptors (Lipinski definition) is 2. The second kappa shape index (κ2) is 3.48. The first-order valence-electron chi connectivity index (χ1n) is 4.61. The van der Waals surface area contributed by atoms with Crippen molar-refractivity contribution in [2.75, 3.05) is 6.61 Å². The van der Waals surface area contributed by atoms with E-state index in [4.69, 9.17) is 4.74 Å². The van der Waals surface area contributed by atoms with Gasteiger partial charge in [-0.25, -0.2) is 0 Å². The van der Waals surface area contributed by atoms with E-state index in [1.807, 2.05) is 26.8 Å². The van der Waals surface area contributed by atoms with Gasteiger partial charge in [0, 0.05) is 0 Å². The van der Waals surface area contributed by atoms with E-state index >= 15 is 0 Å². The number of ether oxygens (including phenoxy) is 1. The fourth-order valence-electron chi connectivity index (χ4n) is 1.19. The lowest BCUT2D eigenvalue weighted by Gasteiger charge is -2.32. The average Bonchev–Trinajstić information content (AvgIpc) is 2.06. The van der Waals surface area contributed by atoms with E-state index in [1.54, 1.807) is 0 Å². The van der Waals surface area contributed by atoms with Crippen LogP contribution < -0.4 is 0 Å². The van der Waals surface area contributed by atoms with Crippen LogP contribution in [-0.4, -0.2) is 17.3 Å². The van der Waals surface area contributed by atoms with Crippen molar-refractivity contribution in [2.24, 2.45) is 5.92 Å². The van der Waals surface area contributed by atoms with Crippen molar-refractivity contribution in [2.45, 2.75) is 39.2 Å². The molecule has 0 aromatic carbocycles. The van der Waals surface area contributed by atoms with Gasteiger partial charge in [-0.1, -0.05) is 13.8 Å². The maximum absolute atomic E-state index is 10.0. The van der Waals surface area contributed by atoms with Crippen molar-refractivity contribution in [3.63, 3.8) is 0 Å². The molecule has 1 unspecified atom stereocenters. The largest absolute Gasteiger partial charge is 0.495 e. The van der Waals surface area contributed by atoms with Crippen molar-refractivity contribution < 1.29 is 9.84 Å². The lowest BCUT2D eigenvalue weighted by molar-refractivity contribution is -0.0152. The molecule has 0 bridgehead atoms. The topological polar surface area (TPSA) is 29.5 Å². The summed E-state index contributed by atoms with van der Waals surface area (Å²) in [5.41, 5.74) is -0.791. The highest BCUT2D eigenvalue weighted by Crippen LogP contribution is 2.28. The van der Waals surface area contributed by atoms with E-state index < -0.39 is 5.60 Å². The molecule has 12 heavy (non-hydrogen) atoms. The summed E-state index contributed by atoms with van der Waals surface area (Å²) in [6, 6.07) is 0. The molecule has 0 spiro atoms. The van der Waals surface area contributed by atoms with Crippen LogP contribution in [0.5, 0.6) is 0 Å². The zero-order valence-electron chi connectivity index (χ0n) is 8.13. The third-order valence-corrected chi connectivity index (χ3v) is 2.56. The van der Waals surface area contributed by atoms with E-state index in [-0.39, 0.29) is 5.92 Å². The van der Waals surface area contributed by atoms with Gasteiger partial charge in [0.1, 0.15) is 11.4 Å². The Morgan fingerprint density at radius 2 is 2.25 bits per heavy atom. The molecule has 0 saturated carbocycles.